The number of aromatic nitrogens is 1. The number of rotatable bonds is 7. The summed E-state index contributed by atoms with van der Waals surface area (Å²) >= 11 is 0. The quantitative estimate of drug-likeness (QED) is 0.545. The lowest BCUT2D eigenvalue weighted by Crippen LogP contribution is -2.44. The molecule has 0 radical (unpaired) electrons. The summed E-state index contributed by atoms with van der Waals surface area (Å²) in [6.45, 7) is 2.47. The van der Waals surface area contributed by atoms with E-state index in [0.29, 0.717) is 18.5 Å². The number of pyridine rings is 1. The van der Waals surface area contributed by atoms with Crippen LogP contribution in [0.15, 0.2) is 41.5 Å². The summed E-state index contributed by atoms with van der Waals surface area (Å²) < 4.78 is 16.0. The Hall–Kier alpha value is -3.16. The van der Waals surface area contributed by atoms with Crippen LogP contribution >= 0.6 is 0 Å². The summed E-state index contributed by atoms with van der Waals surface area (Å²) in [5.41, 5.74) is 2.17. The van der Waals surface area contributed by atoms with Crippen molar-refractivity contribution in [2.24, 2.45) is 4.99 Å². The van der Waals surface area contributed by atoms with Crippen LogP contribution in [0.5, 0.6) is 17.4 Å². The lowest BCUT2D eigenvalue weighted by molar-refractivity contribution is 0.394. The van der Waals surface area contributed by atoms with Crippen molar-refractivity contribution in [1.82, 2.24) is 15.6 Å². The van der Waals surface area contributed by atoms with Gasteiger partial charge >= 0.3 is 0 Å². The fourth-order valence-corrected chi connectivity index (χ4v) is 3.33. The monoisotopic (exact) mass is 399 g/mol. The first-order chi connectivity index (χ1) is 14.1. The molecule has 1 aromatic heterocycles. The Morgan fingerprint density at radius 1 is 1.14 bits per heavy atom. The van der Waals surface area contributed by atoms with Crippen molar-refractivity contribution in [1.29, 1.82) is 0 Å². The molecule has 2 heterocycles. The van der Waals surface area contributed by atoms with Gasteiger partial charge in [-0.15, -0.1) is 0 Å². The molecule has 1 aliphatic heterocycles. The number of methoxy groups -OCH3 is 3. The fourth-order valence-electron chi connectivity index (χ4n) is 3.33. The maximum atomic E-state index is 5.39. The van der Waals surface area contributed by atoms with Crippen molar-refractivity contribution in [3.8, 4) is 17.4 Å². The number of ether oxygens (including phenoxy) is 3. The Bertz CT molecular complexity index is 821. The minimum Gasteiger partial charge on any atom is -0.497 e. The van der Waals surface area contributed by atoms with Gasteiger partial charge in [0.15, 0.2) is 5.96 Å². The summed E-state index contributed by atoms with van der Waals surface area (Å²) in [7, 11) is 6.73. The summed E-state index contributed by atoms with van der Waals surface area (Å²) in [6, 6.07) is 10.1. The number of benzene rings is 1. The lowest BCUT2D eigenvalue weighted by Gasteiger charge is -2.21. The Kier molecular flexibility index (Phi) is 6.99. The van der Waals surface area contributed by atoms with Gasteiger partial charge in [0.2, 0.25) is 5.88 Å². The van der Waals surface area contributed by atoms with Gasteiger partial charge < -0.3 is 29.7 Å². The highest BCUT2D eigenvalue weighted by Gasteiger charge is 2.24. The van der Waals surface area contributed by atoms with E-state index in [1.54, 1.807) is 34.6 Å². The van der Waals surface area contributed by atoms with Gasteiger partial charge in [-0.25, -0.2) is 4.98 Å². The summed E-state index contributed by atoms with van der Waals surface area (Å²) in [6.07, 6.45) is 2.76. The molecule has 0 saturated carbocycles. The second-order valence-corrected chi connectivity index (χ2v) is 6.78. The van der Waals surface area contributed by atoms with E-state index < -0.39 is 0 Å². The summed E-state index contributed by atoms with van der Waals surface area (Å²) in [5, 5.41) is 6.86. The van der Waals surface area contributed by atoms with Crippen LogP contribution in [0.25, 0.3) is 0 Å². The molecule has 1 fully saturated rings. The minimum atomic E-state index is 0.297. The van der Waals surface area contributed by atoms with Crippen molar-refractivity contribution in [2.45, 2.75) is 19.0 Å². The Morgan fingerprint density at radius 2 is 1.90 bits per heavy atom. The molecule has 1 atom stereocenters. The molecule has 156 valence electrons. The predicted octanol–water partition coefficient (Wildman–Crippen LogP) is 2.05. The van der Waals surface area contributed by atoms with Crippen LogP contribution < -0.4 is 29.7 Å². The number of hydrogen-bond acceptors (Lipinski definition) is 6. The van der Waals surface area contributed by atoms with E-state index in [4.69, 9.17) is 14.2 Å². The van der Waals surface area contributed by atoms with Crippen LogP contribution in [0.4, 0.5) is 5.69 Å². The van der Waals surface area contributed by atoms with E-state index in [2.05, 4.69) is 25.5 Å². The van der Waals surface area contributed by atoms with Gasteiger partial charge in [-0.05, 0) is 18.1 Å². The SMILES string of the molecule is CN=C(NCc1ccnc(OC)c1)NC1CCN(c2cc(OC)cc(OC)c2)C1. The average Bonchev–Trinajstić information content (AvgIpc) is 3.24. The van der Waals surface area contributed by atoms with E-state index in [1.165, 1.54) is 0 Å². The van der Waals surface area contributed by atoms with E-state index in [-0.39, 0.29) is 0 Å². The molecule has 0 aliphatic carbocycles. The zero-order valence-corrected chi connectivity index (χ0v) is 17.4. The number of aliphatic imine (C=N–C) groups is 1. The van der Waals surface area contributed by atoms with Gasteiger partial charge in [0.1, 0.15) is 11.5 Å². The predicted molar refractivity (Wildman–Crippen MR) is 114 cm³/mol. The van der Waals surface area contributed by atoms with Crippen LogP contribution in [0.2, 0.25) is 0 Å². The number of anilines is 1. The standard InChI is InChI=1S/C21H29N5O3/c1-22-21(24-13-15-5-7-23-20(9-15)29-4)25-16-6-8-26(14-16)17-10-18(27-2)12-19(11-17)28-3/h5,7,9-12,16H,6,8,13-14H2,1-4H3,(H2,22,24,25). The molecule has 0 bridgehead atoms. The van der Waals surface area contributed by atoms with Crippen molar-refractivity contribution in [3.63, 3.8) is 0 Å². The van der Waals surface area contributed by atoms with Gasteiger partial charge in [-0.2, -0.15) is 0 Å². The fraction of sp³-hybridized carbons (Fsp3) is 0.429. The van der Waals surface area contributed by atoms with E-state index in [9.17, 15) is 0 Å². The van der Waals surface area contributed by atoms with Crippen molar-refractivity contribution in [3.05, 3.63) is 42.1 Å². The molecule has 1 aromatic carbocycles. The third kappa shape index (κ3) is 5.43. The molecule has 0 amide bonds. The number of hydrogen-bond donors (Lipinski definition) is 2. The van der Waals surface area contributed by atoms with Crippen molar-refractivity contribution < 1.29 is 14.2 Å². The summed E-state index contributed by atoms with van der Waals surface area (Å²) in [4.78, 5) is 10.8. The molecule has 1 aliphatic rings. The zero-order chi connectivity index (χ0) is 20.6. The Morgan fingerprint density at radius 3 is 2.55 bits per heavy atom. The first-order valence-electron chi connectivity index (χ1n) is 9.59. The molecular weight excluding hydrogens is 370 g/mol. The van der Waals surface area contributed by atoms with Gasteiger partial charge in [-0.3, -0.25) is 4.99 Å². The number of guanidine groups is 1. The largest absolute Gasteiger partial charge is 0.497 e. The maximum absolute atomic E-state index is 5.39. The molecule has 8 nitrogen and oxygen atoms in total. The Labute approximate surface area is 171 Å². The molecular formula is C21H29N5O3. The summed E-state index contributed by atoms with van der Waals surface area (Å²) in [5.74, 6) is 2.96. The molecule has 2 aromatic rings. The Balaban J connectivity index is 1.57. The molecule has 2 N–H and O–H groups in total. The van der Waals surface area contributed by atoms with Gasteiger partial charge in [0.25, 0.3) is 0 Å². The number of nitrogens with zero attached hydrogens (tertiary/aromatic N) is 3. The van der Waals surface area contributed by atoms with Crippen molar-refractivity contribution >= 4 is 11.6 Å². The second-order valence-electron chi connectivity index (χ2n) is 6.78. The van der Waals surface area contributed by atoms with Crippen LogP contribution in [0.3, 0.4) is 0 Å². The van der Waals surface area contributed by atoms with E-state index >= 15 is 0 Å². The third-order valence-electron chi connectivity index (χ3n) is 4.92. The molecule has 0 spiro atoms. The first kappa shape index (κ1) is 20.6. The maximum Gasteiger partial charge on any atom is 0.213 e. The van der Waals surface area contributed by atoms with Gasteiger partial charge in [0, 0.05) is 68.9 Å². The lowest BCUT2D eigenvalue weighted by atomic mass is 10.2. The molecule has 1 saturated heterocycles. The van der Waals surface area contributed by atoms with E-state index in [1.807, 2.05) is 30.3 Å². The molecule has 8 heteroatoms. The zero-order valence-electron chi connectivity index (χ0n) is 17.4. The molecule has 29 heavy (non-hydrogen) atoms. The highest BCUT2D eigenvalue weighted by Crippen LogP contribution is 2.30. The van der Waals surface area contributed by atoms with Gasteiger partial charge in [-0.1, -0.05) is 0 Å². The highest BCUT2D eigenvalue weighted by molar-refractivity contribution is 5.80. The topological polar surface area (TPSA) is 80.2 Å². The van der Waals surface area contributed by atoms with Crippen LogP contribution in [0.1, 0.15) is 12.0 Å². The van der Waals surface area contributed by atoms with E-state index in [0.717, 1.165) is 48.2 Å². The first-order valence-corrected chi connectivity index (χ1v) is 9.59. The van der Waals surface area contributed by atoms with Crippen LogP contribution in [-0.4, -0.2) is 58.5 Å². The van der Waals surface area contributed by atoms with Crippen LogP contribution in [-0.2, 0) is 6.54 Å². The third-order valence-corrected chi connectivity index (χ3v) is 4.92. The minimum absolute atomic E-state index is 0.297. The smallest absolute Gasteiger partial charge is 0.213 e. The molecule has 1 unspecified atom stereocenters. The van der Waals surface area contributed by atoms with Crippen LogP contribution in [0, 0.1) is 0 Å². The second kappa shape index (κ2) is 9.86. The molecule has 3 rings (SSSR count). The number of nitrogens with one attached hydrogen (secondary N) is 2. The average molecular weight is 399 g/mol. The highest BCUT2D eigenvalue weighted by atomic mass is 16.5. The normalized spacial score (nSPS) is 16.5. The van der Waals surface area contributed by atoms with Crippen molar-refractivity contribution in [2.75, 3.05) is 46.4 Å². The van der Waals surface area contributed by atoms with Gasteiger partial charge in [0.05, 0.1) is 21.3 Å².